The van der Waals surface area contributed by atoms with Crippen molar-refractivity contribution < 1.29 is 19.0 Å². The number of rotatable bonds is 16. The Hall–Kier alpha value is -3.10. The van der Waals surface area contributed by atoms with E-state index in [9.17, 15) is 14.4 Å². The molecule has 1 aromatic carbocycles. The van der Waals surface area contributed by atoms with E-state index in [2.05, 4.69) is 12.0 Å². The van der Waals surface area contributed by atoms with Gasteiger partial charge in [-0.05, 0) is 64.2 Å². The predicted molar refractivity (Wildman–Crippen MR) is 139 cm³/mol. The lowest BCUT2D eigenvalue weighted by Gasteiger charge is -2.24. The Labute approximate surface area is 213 Å². The lowest BCUT2D eigenvalue weighted by Crippen LogP contribution is -2.40. The summed E-state index contributed by atoms with van der Waals surface area (Å²) in [6, 6.07) is 7.61. The zero-order valence-corrected chi connectivity index (χ0v) is 22.4. The highest BCUT2D eigenvalue weighted by molar-refractivity contribution is 5.79. The molecule has 0 saturated heterocycles. The van der Waals surface area contributed by atoms with Gasteiger partial charge < -0.3 is 14.2 Å². The van der Waals surface area contributed by atoms with Crippen LogP contribution >= 0.6 is 0 Å². The van der Waals surface area contributed by atoms with Crippen LogP contribution in [0.4, 0.5) is 0 Å². The second-order valence-corrected chi connectivity index (χ2v) is 9.37. The molecule has 1 heterocycles. The number of ether oxygens (including phenoxy) is 3. The molecule has 0 aliphatic heterocycles. The van der Waals surface area contributed by atoms with Crippen LogP contribution in [0.5, 0.6) is 11.6 Å². The number of benzene rings is 1. The number of hydrogen-bond acceptors (Lipinski definition) is 7. The SMILES string of the molecule is CCCCCCCn1nc(OCCCCc2ccc(OC(C)(C)C(=O)OCC)cc2)c(=O)n(C)c1=O. The second-order valence-electron chi connectivity index (χ2n) is 9.37. The van der Waals surface area contributed by atoms with E-state index in [1.807, 2.05) is 24.3 Å². The Bertz CT molecular complexity index is 1070. The van der Waals surface area contributed by atoms with Gasteiger partial charge >= 0.3 is 17.2 Å². The number of aryl methyl sites for hydroxylation is 2. The fourth-order valence-corrected chi connectivity index (χ4v) is 3.67. The highest BCUT2D eigenvalue weighted by atomic mass is 16.6. The summed E-state index contributed by atoms with van der Waals surface area (Å²) in [5.41, 5.74) is -0.858. The van der Waals surface area contributed by atoms with Crippen LogP contribution in [-0.2, 0) is 29.5 Å². The van der Waals surface area contributed by atoms with Gasteiger partial charge in [-0.25, -0.2) is 14.3 Å². The lowest BCUT2D eigenvalue weighted by molar-refractivity contribution is -0.158. The van der Waals surface area contributed by atoms with Crippen molar-refractivity contribution >= 4 is 5.97 Å². The molecule has 1 aromatic heterocycles. The molecule has 2 rings (SSSR count). The number of carbonyl (C=O) groups is 1. The predicted octanol–water partition coefficient (Wildman–Crippen LogP) is 4.03. The Morgan fingerprint density at radius 2 is 1.67 bits per heavy atom. The van der Waals surface area contributed by atoms with Gasteiger partial charge in [0.2, 0.25) is 0 Å². The topological polar surface area (TPSA) is 102 Å². The molecule has 0 unspecified atom stereocenters. The highest BCUT2D eigenvalue weighted by Crippen LogP contribution is 2.21. The van der Waals surface area contributed by atoms with Crippen LogP contribution in [0.15, 0.2) is 33.9 Å². The maximum atomic E-state index is 12.4. The van der Waals surface area contributed by atoms with Crippen LogP contribution in [-0.4, -0.2) is 39.1 Å². The van der Waals surface area contributed by atoms with Crippen LogP contribution in [0.1, 0.15) is 78.2 Å². The van der Waals surface area contributed by atoms with Crippen molar-refractivity contribution in [3.05, 3.63) is 50.7 Å². The van der Waals surface area contributed by atoms with Gasteiger partial charge in [0.15, 0.2) is 5.60 Å². The van der Waals surface area contributed by atoms with E-state index in [0.29, 0.717) is 25.5 Å². The highest BCUT2D eigenvalue weighted by Gasteiger charge is 2.31. The van der Waals surface area contributed by atoms with Gasteiger partial charge in [0.1, 0.15) is 5.75 Å². The molecule has 0 aliphatic carbocycles. The molecule has 0 aliphatic rings. The van der Waals surface area contributed by atoms with Gasteiger partial charge in [-0.3, -0.25) is 9.36 Å². The first-order valence-electron chi connectivity index (χ1n) is 13.0. The number of unbranched alkanes of at least 4 members (excludes halogenated alkanes) is 5. The molecular formula is C27H41N3O6. The van der Waals surface area contributed by atoms with Crippen molar-refractivity contribution in [1.82, 2.24) is 14.3 Å². The van der Waals surface area contributed by atoms with Crippen LogP contribution in [0.3, 0.4) is 0 Å². The largest absolute Gasteiger partial charge is 0.476 e. The molecule has 9 heteroatoms. The average Bonchev–Trinajstić information content (AvgIpc) is 2.85. The third-order valence-corrected chi connectivity index (χ3v) is 5.84. The van der Waals surface area contributed by atoms with Crippen molar-refractivity contribution in [1.29, 1.82) is 0 Å². The number of hydrogen-bond donors (Lipinski definition) is 0. The zero-order valence-electron chi connectivity index (χ0n) is 22.4. The third kappa shape index (κ3) is 8.84. The summed E-state index contributed by atoms with van der Waals surface area (Å²) in [7, 11) is 1.45. The van der Waals surface area contributed by atoms with Crippen molar-refractivity contribution in [2.24, 2.45) is 7.05 Å². The Morgan fingerprint density at radius 1 is 0.972 bits per heavy atom. The van der Waals surface area contributed by atoms with Crippen LogP contribution in [0.2, 0.25) is 0 Å². The van der Waals surface area contributed by atoms with Crippen molar-refractivity contribution in [3.8, 4) is 11.6 Å². The lowest BCUT2D eigenvalue weighted by atomic mass is 10.1. The average molecular weight is 504 g/mol. The number of carbonyl (C=O) groups excluding carboxylic acids is 1. The van der Waals surface area contributed by atoms with Crippen LogP contribution in [0, 0.1) is 0 Å². The Balaban J connectivity index is 1.82. The van der Waals surface area contributed by atoms with Crippen molar-refractivity contribution in [3.63, 3.8) is 0 Å². The molecule has 36 heavy (non-hydrogen) atoms. The van der Waals surface area contributed by atoms with E-state index in [1.54, 1.807) is 20.8 Å². The Kier molecular flexibility index (Phi) is 11.7. The maximum Gasteiger partial charge on any atom is 0.349 e. The maximum absolute atomic E-state index is 12.4. The van der Waals surface area contributed by atoms with E-state index in [-0.39, 0.29) is 5.88 Å². The molecule has 0 bridgehead atoms. The van der Waals surface area contributed by atoms with E-state index >= 15 is 0 Å². The summed E-state index contributed by atoms with van der Waals surface area (Å²) in [4.78, 5) is 36.7. The van der Waals surface area contributed by atoms with Gasteiger partial charge in [0.05, 0.1) is 13.2 Å². The molecule has 0 atom stereocenters. The molecule has 200 valence electrons. The monoisotopic (exact) mass is 503 g/mol. The van der Waals surface area contributed by atoms with E-state index in [0.717, 1.165) is 55.1 Å². The van der Waals surface area contributed by atoms with Crippen LogP contribution < -0.4 is 20.7 Å². The van der Waals surface area contributed by atoms with Gasteiger partial charge in [0, 0.05) is 13.6 Å². The van der Waals surface area contributed by atoms with Crippen molar-refractivity contribution in [2.45, 2.75) is 91.2 Å². The summed E-state index contributed by atoms with van der Waals surface area (Å²) in [6.07, 6.45) is 7.74. The molecule has 0 amide bonds. The minimum Gasteiger partial charge on any atom is -0.476 e. The molecule has 0 N–H and O–H groups in total. The summed E-state index contributed by atoms with van der Waals surface area (Å²) in [6.45, 7) is 8.41. The fraction of sp³-hybridized carbons (Fsp3) is 0.630. The molecule has 0 spiro atoms. The van der Waals surface area contributed by atoms with Crippen LogP contribution in [0.25, 0.3) is 0 Å². The minimum absolute atomic E-state index is 0.0311. The Morgan fingerprint density at radius 3 is 2.33 bits per heavy atom. The zero-order chi connectivity index (χ0) is 26.6. The van der Waals surface area contributed by atoms with Crippen molar-refractivity contribution in [2.75, 3.05) is 13.2 Å². The molecule has 9 nitrogen and oxygen atoms in total. The van der Waals surface area contributed by atoms with E-state index in [1.165, 1.54) is 18.2 Å². The molecular weight excluding hydrogens is 462 g/mol. The summed E-state index contributed by atoms with van der Waals surface area (Å²) in [5.74, 6) is 0.166. The van der Waals surface area contributed by atoms with E-state index < -0.39 is 22.8 Å². The standard InChI is InChI=1S/C27H41N3O6/c1-6-8-9-10-12-19-30-26(33)29(5)24(31)23(28-30)35-20-13-11-14-21-15-17-22(18-16-21)36-27(3,4)25(32)34-7-2/h15-18H,6-14,19-20H2,1-5H3. The number of nitrogens with zero attached hydrogens (tertiary/aromatic N) is 3. The molecule has 0 saturated carbocycles. The first-order chi connectivity index (χ1) is 17.2. The van der Waals surface area contributed by atoms with Gasteiger partial charge in [-0.15, -0.1) is 5.10 Å². The fourth-order valence-electron chi connectivity index (χ4n) is 3.67. The first-order valence-corrected chi connectivity index (χ1v) is 13.0. The molecule has 0 fully saturated rings. The van der Waals surface area contributed by atoms with Gasteiger partial charge in [0.25, 0.3) is 5.88 Å². The van der Waals surface area contributed by atoms with Gasteiger partial charge in [-0.1, -0.05) is 44.7 Å². The van der Waals surface area contributed by atoms with Gasteiger partial charge in [-0.2, -0.15) is 0 Å². The van der Waals surface area contributed by atoms with E-state index in [4.69, 9.17) is 14.2 Å². The molecule has 0 radical (unpaired) electrons. The quantitative estimate of drug-likeness (QED) is 0.252. The smallest absolute Gasteiger partial charge is 0.349 e. The third-order valence-electron chi connectivity index (χ3n) is 5.84. The summed E-state index contributed by atoms with van der Waals surface area (Å²) >= 11 is 0. The first kappa shape index (κ1) is 29.1. The normalized spacial score (nSPS) is 11.4. The molecule has 2 aromatic rings. The summed E-state index contributed by atoms with van der Waals surface area (Å²) < 4.78 is 18.9. The number of esters is 1. The summed E-state index contributed by atoms with van der Waals surface area (Å²) in [5, 5.41) is 4.17. The minimum atomic E-state index is -1.06. The second kappa shape index (κ2) is 14.5. The number of aromatic nitrogens is 3.